The summed E-state index contributed by atoms with van der Waals surface area (Å²) in [7, 11) is 0. The Bertz CT molecular complexity index is 398. The zero-order valence-corrected chi connectivity index (χ0v) is 16.9. The van der Waals surface area contributed by atoms with Gasteiger partial charge in [0.15, 0.2) is 0 Å². The van der Waals surface area contributed by atoms with E-state index in [0.717, 1.165) is 23.7 Å². The van der Waals surface area contributed by atoms with Gasteiger partial charge in [-0.3, -0.25) is 0 Å². The van der Waals surface area contributed by atoms with Crippen molar-refractivity contribution < 1.29 is 0 Å². The molecule has 1 fully saturated rings. The molecular weight excluding hydrogens is 300 g/mol. The summed E-state index contributed by atoms with van der Waals surface area (Å²) in [5, 5.41) is 0. The molecule has 1 aromatic rings. The average Bonchev–Trinajstić information content (AvgIpc) is 2.97. The second kappa shape index (κ2) is 12.6. The summed E-state index contributed by atoms with van der Waals surface area (Å²) in [4.78, 5) is 0. The summed E-state index contributed by atoms with van der Waals surface area (Å²) >= 11 is 0. The molecule has 0 heterocycles. The van der Waals surface area contributed by atoms with Crippen LogP contribution in [0.15, 0.2) is 24.3 Å². The molecule has 0 amide bonds. The van der Waals surface area contributed by atoms with Gasteiger partial charge in [0.25, 0.3) is 0 Å². The van der Waals surface area contributed by atoms with Crippen molar-refractivity contribution in [1.82, 2.24) is 0 Å². The monoisotopic (exact) mass is 348 g/mol. The van der Waals surface area contributed by atoms with Gasteiger partial charge in [0.05, 0.1) is 0 Å². The first-order chi connectivity index (χ1) is 10.8. The van der Waals surface area contributed by atoms with Crippen LogP contribution in [0.25, 0.3) is 0 Å². The molecule has 2 unspecified atom stereocenters. The largest absolute Gasteiger partial charge is 0.0776 e. The Kier molecular flexibility index (Phi) is 13.3. The molecule has 0 bridgehead atoms. The van der Waals surface area contributed by atoms with Crippen LogP contribution >= 0.6 is 0 Å². The summed E-state index contributed by atoms with van der Waals surface area (Å²) in [6.07, 6.45) is 4.45. The summed E-state index contributed by atoms with van der Waals surface area (Å²) in [5.41, 5.74) is 2.99. The summed E-state index contributed by atoms with van der Waals surface area (Å²) in [5.74, 6) is 5.15. The summed E-state index contributed by atoms with van der Waals surface area (Å²) in [6, 6.07) is 8.72. The molecule has 25 heavy (non-hydrogen) atoms. The Balaban J connectivity index is 0. The first-order valence-corrected chi connectivity index (χ1v) is 9.84. The van der Waals surface area contributed by atoms with Crippen LogP contribution in [0.5, 0.6) is 0 Å². The van der Waals surface area contributed by atoms with E-state index < -0.39 is 0 Å². The van der Waals surface area contributed by atoms with Crippen LogP contribution in [0.2, 0.25) is 0 Å². The Hall–Kier alpha value is -0.780. The zero-order chi connectivity index (χ0) is 17.6. The van der Waals surface area contributed by atoms with Crippen LogP contribution in [0.1, 0.15) is 112 Å². The van der Waals surface area contributed by atoms with E-state index in [2.05, 4.69) is 79.7 Å². The van der Waals surface area contributed by atoms with Gasteiger partial charge in [0.1, 0.15) is 0 Å². The second-order valence-electron chi connectivity index (χ2n) is 8.68. The molecule has 1 saturated carbocycles. The highest BCUT2D eigenvalue weighted by molar-refractivity contribution is 5.31. The Morgan fingerprint density at radius 3 is 1.20 bits per heavy atom. The molecule has 0 aromatic heterocycles. The van der Waals surface area contributed by atoms with Crippen molar-refractivity contribution in [3.05, 3.63) is 35.4 Å². The van der Waals surface area contributed by atoms with Gasteiger partial charge in [-0.05, 0) is 59.5 Å². The minimum absolute atomic E-state index is 0. The third-order valence-electron chi connectivity index (χ3n) is 5.58. The van der Waals surface area contributed by atoms with Gasteiger partial charge in [0.2, 0.25) is 0 Å². The quantitative estimate of drug-likeness (QED) is 0.509. The topological polar surface area (TPSA) is 0 Å². The van der Waals surface area contributed by atoms with Crippen LogP contribution in [-0.2, 0) is 0 Å². The lowest BCUT2D eigenvalue weighted by Crippen LogP contribution is -2.18. The summed E-state index contributed by atoms with van der Waals surface area (Å²) in [6.45, 7) is 18.5. The minimum atomic E-state index is 0. The molecular formula is C25H48. The van der Waals surface area contributed by atoms with E-state index in [1.807, 2.05) is 0 Å². The van der Waals surface area contributed by atoms with E-state index >= 15 is 0 Å². The predicted molar refractivity (Wildman–Crippen MR) is 119 cm³/mol. The van der Waals surface area contributed by atoms with E-state index in [0.29, 0.717) is 11.8 Å². The van der Waals surface area contributed by atoms with E-state index in [1.54, 1.807) is 0 Å². The fourth-order valence-electron chi connectivity index (χ4n) is 4.24. The molecule has 0 saturated heterocycles. The Labute approximate surface area is 160 Å². The molecule has 0 heteroatoms. The van der Waals surface area contributed by atoms with E-state index in [9.17, 15) is 0 Å². The number of hydrogen-bond donors (Lipinski definition) is 0. The van der Waals surface area contributed by atoms with Gasteiger partial charge in [-0.15, -0.1) is 0 Å². The molecule has 1 aliphatic rings. The van der Waals surface area contributed by atoms with Crippen molar-refractivity contribution in [2.75, 3.05) is 0 Å². The molecule has 1 aromatic carbocycles. The molecule has 1 aliphatic carbocycles. The van der Waals surface area contributed by atoms with Gasteiger partial charge in [-0.2, -0.15) is 0 Å². The van der Waals surface area contributed by atoms with Crippen molar-refractivity contribution in [2.24, 2.45) is 23.7 Å². The minimum Gasteiger partial charge on any atom is -0.0776 e. The van der Waals surface area contributed by atoms with Crippen LogP contribution in [0.3, 0.4) is 0 Å². The third-order valence-corrected chi connectivity index (χ3v) is 5.58. The molecule has 0 N–H and O–H groups in total. The van der Waals surface area contributed by atoms with Crippen molar-refractivity contribution in [2.45, 2.75) is 101 Å². The number of benzene rings is 1. The molecule has 0 nitrogen and oxygen atoms in total. The lowest BCUT2D eigenvalue weighted by Gasteiger charge is -2.26. The molecule has 0 radical (unpaired) electrons. The van der Waals surface area contributed by atoms with Gasteiger partial charge < -0.3 is 0 Å². The highest BCUT2D eigenvalue weighted by atomic mass is 14.4. The normalized spacial score (nSPS) is 19.5. The summed E-state index contributed by atoms with van der Waals surface area (Å²) < 4.78 is 0. The number of rotatable bonds is 4. The molecule has 148 valence electrons. The Morgan fingerprint density at radius 2 is 0.960 bits per heavy atom. The molecule has 0 spiro atoms. The molecule has 0 aliphatic heterocycles. The second-order valence-corrected chi connectivity index (χ2v) is 8.68. The highest BCUT2D eigenvalue weighted by Gasteiger charge is 2.31. The lowest BCUT2D eigenvalue weighted by molar-refractivity contribution is 0.235. The van der Waals surface area contributed by atoms with Crippen molar-refractivity contribution >= 4 is 0 Å². The van der Waals surface area contributed by atoms with Crippen LogP contribution < -0.4 is 0 Å². The maximum Gasteiger partial charge on any atom is -0.0216 e. The van der Waals surface area contributed by atoms with Gasteiger partial charge in [-0.1, -0.05) is 101 Å². The SMILES string of the molecule is C.C.CC(C)C1CCCC1C(C)C.CC(C)c1ccccc1C(C)C. The fraction of sp³-hybridized carbons (Fsp3) is 0.760. The first-order valence-electron chi connectivity index (χ1n) is 9.84. The highest BCUT2D eigenvalue weighted by Crippen LogP contribution is 2.40. The molecule has 2 atom stereocenters. The van der Waals surface area contributed by atoms with Gasteiger partial charge in [-0.25, -0.2) is 0 Å². The van der Waals surface area contributed by atoms with Crippen molar-refractivity contribution in [3.63, 3.8) is 0 Å². The van der Waals surface area contributed by atoms with Crippen molar-refractivity contribution in [1.29, 1.82) is 0 Å². The van der Waals surface area contributed by atoms with Crippen LogP contribution in [0, 0.1) is 23.7 Å². The van der Waals surface area contributed by atoms with E-state index in [-0.39, 0.29) is 14.9 Å². The van der Waals surface area contributed by atoms with E-state index in [1.165, 1.54) is 30.4 Å². The van der Waals surface area contributed by atoms with Crippen LogP contribution in [0.4, 0.5) is 0 Å². The van der Waals surface area contributed by atoms with Gasteiger partial charge >= 0.3 is 0 Å². The number of hydrogen-bond acceptors (Lipinski definition) is 0. The average molecular weight is 349 g/mol. The zero-order valence-electron chi connectivity index (χ0n) is 16.9. The third kappa shape index (κ3) is 7.97. The standard InChI is InChI=1S/C12H18.C11H22.2CH4/c1-9(2)11-7-5-6-8-12(11)10(3)4;1-8(2)10-6-5-7-11(10)9(3)4;;/h5-10H,1-4H3;8-11H,5-7H2,1-4H3;2*1H4. The Morgan fingerprint density at radius 1 is 0.640 bits per heavy atom. The lowest BCUT2D eigenvalue weighted by atomic mass is 9.80. The maximum atomic E-state index is 2.38. The maximum absolute atomic E-state index is 2.38. The van der Waals surface area contributed by atoms with Crippen molar-refractivity contribution in [3.8, 4) is 0 Å². The van der Waals surface area contributed by atoms with Crippen LogP contribution in [-0.4, -0.2) is 0 Å². The van der Waals surface area contributed by atoms with Gasteiger partial charge in [0, 0.05) is 0 Å². The van der Waals surface area contributed by atoms with E-state index in [4.69, 9.17) is 0 Å². The smallest absolute Gasteiger partial charge is 0.0216 e. The predicted octanol–water partition coefficient (Wildman–Crippen LogP) is 8.92. The fourth-order valence-corrected chi connectivity index (χ4v) is 4.24. The first kappa shape index (κ1) is 26.4. The molecule has 2 rings (SSSR count).